The lowest BCUT2D eigenvalue weighted by atomic mass is 9.80. The van der Waals surface area contributed by atoms with Crippen molar-refractivity contribution in [2.45, 2.75) is 32.6 Å². The van der Waals surface area contributed by atoms with Gasteiger partial charge < -0.3 is 5.11 Å². The van der Waals surface area contributed by atoms with Crippen LogP contribution >= 0.6 is 0 Å². The predicted molar refractivity (Wildman–Crippen MR) is 63.1 cm³/mol. The van der Waals surface area contributed by atoms with E-state index in [9.17, 15) is 13.5 Å². The molecule has 16 heavy (non-hydrogen) atoms. The standard InChI is InChI=1S/C10H22N2O3S/c1-2-11-16(14,15)12-7-9-5-3-4-6-10(9)8-13/h9-13H,2-8H2,1H3. The zero-order chi connectivity index (χ0) is 12.0. The molecule has 1 aliphatic carbocycles. The lowest BCUT2D eigenvalue weighted by Gasteiger charge is -2.30. The lowest BCUT2D eigenvalue weighted by molar-refractivity contribution is 0.136. The molecule has 2 atom stereocenters. The average molecular weight is 250 g/mol. The van der Waals surface area contributed by atoms with Crippen molar-refractivity contribution in [3.8, 4) is 0 Å². The van der Waals surface area contributed by atoms with E-state index in [0.717, 1.165) is 25.7 Å². The summed E-state index contributed by atoms with van der Waals surface area (Å²) in [7, 11) is -3.34. The van der Waals surface area contributed by atoms with E-state index in [4.69, 9.17) is 0 Å². The molecule has 0 saturated heterocycles. The number of aliphatic hydroxyl groups is 1. The molecule has 0 aromatic carbocycles. The van der Waals surface area contributed by atoms with Crippen molar-refractivity contribution < 1.29 is 13.5 Å². The van der Waals surface area contributed by atoms with Gasteiger partial charge in [0.05, 0.1) is 0 Å². The molecule has 1 rings (SSSR count). The summed E-state index contributed by atoms with van der Waals surface area (Å²) >= 11 is 0. The molecule has 0 spiro atoms. The zero-order valence-electron chi connectivity index (χ0n) is 9.78. The van der Waals surface area contributed by atoms with Crippen LogP contribution in [0.5, 0.6) is 0 Å². The maximum absolute atomic E-state index is 11.4. The Morgan fingerprint density at radius 1 is 1.19 bits per heavy atom. The van der Waals surface area contributed by atoms with Crippen LogP contribution in [0.25, 0.3) is 0 Å². The fourth-order valence-corrected chi connectivity index (χ4v) is 3.17. The number of nitrogens with one attached hydrogen (secondary N) is 2. The smallest absolute Gasteiger partial charge is 0.276 e. The molecule has 6 heteroatoms. The third kappa shape index (κ3) is 4.37. The van der Waals surface area contributed by atoms with Crippen LogP contribution in [0.2, 0.25) is 0 Å². The van der Waals surface area contributed by atoms with Crippen LogP contribution in [0.1, 0.15) is 32.6 Å². The van der Waals surface area contributed by atoms with Gasteiger partial charge in [0.2, 0.25) is 0 Å². The molecule has 96 valence electrons. The maximum Gasteiger partial charge on any atom is 0.276 e. The first-order chi connectivity index (χ1) is 7.59. The second-order valence-electron chi connectivity index (χ2n) is 4.34. The second-order valence-corrected chi connectivity index (χ2v) is 5.92. The Labute approximate surface area is 97.8 Å². The summed E-state index contributed by atoms with van der Waals surface area (Å²) in [6.45, 7) is 2.73. The lowest BCUT2D eigenvalue weighted by Crippen LogP contribution is -2.41. The van der Waals surface area contributed by atoms with E-state index in [1.165, 1.54) is 0 Å². The normalized spacial score (nSPS) is 26.9. The molecule has 1 fully saturated rings. The number of rotatable bonds is 6. The molecule has 0 aromatic rings. The highest BCUT2D eigenvalue weighted by atomic mass is 32.2. The number of aliphatic hydroxyl groups excluding tert-OH is 1. The zero-order valence-corrected chi connectivity index (χ0v) is 10.6. The van der Waals surface area contributed by atoms with Gasteiger partial charge >= 0.3 is 0 Å². The van der Waals surface area contributed by atoms with Gasteiger partial charge in [0.15, 0.2) is 0 Å². The molecule has 0 amide bonds. The minimum absolute atomic E-state index is 0.160. The molecule has 0 aromatic heterocycles. The quantitative estimate of drug-likeness (QED) is 0.631. The molecule has 3 N–H and O–H groups in total. The molecule has 5 nitrogen and oxygen atoms in total. The third-order valence-corrected chi connectivity index (χ3v) is 4.39. The van der Waals surface area contributed by atoms with Gasteiger partial charge in [-0.05, 0) is 24.7 Å². The molecule has 1 aliphatic rings. The van der Waals surface area contributed by atoms with E-state index in [1.54, 1.807) is 6.92 Å². The topological polar surface area (TPSA) is 78.4 Å². The predicted octanol–water partition coefficient (Wildman–Crippen LogP) is 0.229. The van der Waals surface area contributed by atoms with E-state index in [-0.39, 0.29) is 18.4 Å². The largest absolute Gasteiger partial charge is 0.396 e. The Balaban J connectivity index is 2.41. The van der Waals surface area contributed by atoms with E-state index in [0.29, 0.717) is 13.1 Å². The molecule has 0 aliphatic heterocycles. The fraction of sp³-hybridized carbons (Fsp3) is 1.00. The van der Waals surface area contributed by atoms with Gasteiger partial charge in [-0.3, -0.25) is 0 Å². The third-order valence-electron chi connectivity index (χ3n) is 3.17. The Bertz CT molecular complexity index is 292. The Morgan fingerprint density at radius 3 is 2.38 bits per heavy atom. The number of hydrogen-bond donors (Lipinski definition) is 3. The van der Waals surface area contributed by atoms with Crippen molar-refractivity contribution in [3.63, 3.8) is 0 Å². The van der Waals surface area contributed by atoms with E-state index in [2.05, 4.69) is 9.44 Å². The molecule has 0 bridgehead atoms. The van der Waals surface area contributed by atoms with Crippen molar-refractivity contribution in [3.05, 3.63) is 0 Å². The second kappa shape index (κ2) is 6.54. The van der Waals surface area contributed by atoms with Gasteiger partial charge in [0, 0.05) is 19.7 Å². The van der Waals surface area contributed by atoms with E-state index < -0.39 is 10.2 Å². The SMILES string of the molecule is CCNS(=O)(=O)NCC1CCCCC1CO. The highest BCUT2D eigenvalue weighted by Gasteiger charge is 2.25. The maximum atomic E-state index is 11.4. The summed E-state index contributed by atoms with van der Waals surface area (Å²) in [5.74, 6) is 0.519. The van der Waals surface area contributed by atoms with Crippen LogP contribution in [0.15, 0.2) is 0 Å². The van der Waals surface area contributed by atoms with Crippen molar-refractivity contribution >= 4 is 10.2 Å². The molecule has 0 heterocycles. The van der Waals surface area contributed by atoms with Crippen LogP contribution in [-0.2, 0) is 10.2 Å². The summed E-state index contributed by atoms with van der Waals surface area (Å²) in [5.41, 5.74) is 0. The van der Waals surface area contributed by atoms with Crippen molar-refractivity contribution in [1.29, 1.82) is 0 Å². The highest BCUT2D eigenvalue weighted by molar-refractivity contribution is 7.87. The summed E-state index contributed by atoms with van der Waals surface area (Å²) in [6, 6.07) is 0. The van der Waals surface area contributed by atoms with Crippen LogP contribution in [-0.4, -0.2) is 33.2 Å². The molecular weight excluding hydrogens is 228 g/mol. The Hall–Kier alpha value is -0.170. The van der Waals surface area contributed by atoms with Crippen LogP contribution in [0.3, 0.4) is 0 Å². The van der Waals surface area contributed by atoms with Crippen molar-refractivity contribution in [2.24, 2.45) is 11.8 Å². The van der Waals surface area contributed by atoms with Crippen LogP contribution in [0, 0.1) is 11.8 Å². The summed E-state index contributed by atoms with van der Waals surface area (Å²) in [4.78, 5) is 0. The first kappa shape index (κ1) is 13.9. The van der Waals surface area contributed by atoms with Gasteiger partial charge in [-0.1, -0.05) is 19.8 Å². The van der Waals surface area contributed by atoms with Gasteiger partial charge in [-0.15, -0.1) is 0 Å². The molecular formula is C10H22N2O3S. The Morgan fingerprint density at radius 2 is 1.81 bits per heavy atom. The minimum Gasteiger partial charge on any atom is -0.396 e. The summed E-state index contributed by atoms with van der Waals surface area (Å²) in [6.07, 6.45) is 4.27. The molecule has 0 radical (unpaired) electrons. The van der Waals surface area contributed by atoms with Crippen LogP contribution in [0.4, 0.5) is 0 Å². The monoisotopic (exact) mass is 250 g/mol. The van der Waals surface area contributed by atoms with Gasteiger partial charge in [-0.2, -0.15) is 8.42 Å². The van der Waals surface area contributed by atoms with Crippen molar-refractivity contribution in [1.82, 2.24) is 9.44 Å². The fourth-order valence-electron chi connectivity index (χ4n) is 2.25. The van der Waals surface area contributed by atoms with E-state index >= 15 is 0 Å². The van der Waals surface area contributed by atoms with Gasteiger partial charge in [-0.25, -0.2) is 9.44 Å². The molecule has 2 unspecified atom stereocenters. The van der Waals surface area contributed by atoms with E-state index in [1.807, 2.05) is 0 Å². The van der Waals surface area contributed by atoms with Crippen LogP contribution < -0.4 is 9.44 Å². The minimum atomic E-state index is -3.34. The summed E-state index contributed by atoms with van der Waals surface area (Å²) in [5, 5.41) is 9.20. The van der Waals surface area contributed by atoms with Gasteiger partial charge in [0.1, 0.15) is 0 Å². The summed E-state index contributed by atoms with van der Waals surface area (Å²) < 4.78 is 27.7. The average Bonchev–Trinajstić information content (AvgIpc) is 2.27. The first-order valence-corrected chi connectivity index (χ1v) is 7.42. The molecule has 1 saturated carbocycles. The Kier molecular flexibility index (Phi) is 5.68. The highest BCUT2D eigenvalue weighted by Crippen LogP contribution is 2.29. The number of hydrogen-bond acceptors (Lipinski definition) is 3. The first-order valence-electron chi connectivity index (χ1n) is 5.94. The van der Waals surface area contributed by atoms with Gasteiger partial charge in [0.25, 0.3) is 10.2 Å². The van der Waals surface area contributed by atoms with Crippen molar-refractivity contribution in [2.75, 3.05) is 19.7 Å².